The van der Waals surface area contributed by atoms with Gasteiger partial charge in [0.05, 0.1) is 21.7 Å². The van der Waals surface area contributed by atoms with Gasteiger partial charge in [-0.15, -0.1) is 0 Å². The van der Waals surface area contributed by atoms with E-state index in [1.165, 1.54) is 0 Å². The van der Waals surface area contributed by atoms with Gasteiger partial charge >= 0.3 is 0 Å². The normalized spacial score (nSPS) is 19.8. The molecule has 1 aromatic rings. The standard InChI is InChI=1S/C15H21Cl2NO2/c1-3-20-15(7-9-19-10-8-15)14(18-2)11-5-4-6-12(16)13(11)17/h4-6,14,18H,3,7-10H2,1-2H3. The smallest absolute Gasteiger partial charge is 0.0920 e. The second-order valence-corrected chi connectivity index (χ2v) is 5.76. The second-order valence-electron chi connectivity index (χ2n) is 4.97. The number of nitrogens with one attached hydrogen (secondary N) is 1. The van der Waals surface area contributed by atoms with Crippen LogP contribution in [-0.4, -0.2) is 32.5 Å². The number of rotatable bonds is 5. The summed E-state index contributed by atoms with van der Waals surface area (Å²) in [5.74, 6) is 0. The van der Waals surface area contributed by atoms with E-state index in [1.54, 1.807) is 6.07 Å². The third kappa shape index (κ3) is 3.12. The summed E-state index contributed by atoms with van der Waals surface area (Å²) in [6, 6.07) is 5.73. The zero-order valence-corrected chi connectivity index (χ0v) is 13.4. The molecule has 112 valence electrons. The van der Waals surface area contributed by atoms with Crippen LogP contribution in [0.25, 0.3) is 0 Å². The average Bonchev–Trinajstić information content (AvgIpc) is 2.45. The maximum Gasteiger partial charge on any atom is 0.0920 e. The molecule has 20 heavy (non-hydrogen) atoms. The van der Waals surface area contributed by atoms with Gasteiger partial charge in [-0.2, -0.15) is 0 Å². The van der Waals surface area contributed by atoms with Gasteiger partial charge in [-0.25, -0.2) is 0 Å². The third-order valence-corrected chi connectivity index (χ3v) is 4.71. The van der Waals surface area contributed by atoms with Crippen LogP contribution in [0, 0.1) is 0 Å². The van der Waals surface area contributed by atoms with E-state index in [0.29, 0.717) is 29.9 Å². The molecule has 0 radical (unpaired) electrons. The van der Waals surface area contributed by atoms with Crippen molar-refractivity contribution in [1.29, 1.82) is 0 Å². The second kappa shape index (κ2) is 7.10. The van der Waals surface area contributed by atoms with Gasteiger partial charge in [-0.3, -0.25) is 0 Å². The Kier molecular flexibility index (Phi) is 5.70. The average molecular weight is 318 g/mol. The van der Waals surface area contributed by atoms with E-state index in [1.807, 2.05) is 26.1 Å². The van der Waals surface area contributed by atoms with Crippen LogP contribution in [0.5, 0.6) is 0 Å². The van der Waals surface area contributed by atoms with Crippen molar-refractivity contribution < 1.29 is 9.47 Å². The number of hydrogen-bond donors (Lipinski definition) is 1. The predicted octanol–water partition coefficient (Wildman–Crippen LogP) is 3.84. The monoisotopic (exact) mass is 317 g/mol. The van der Waals surface area contributed by atoms with E-state index >= 15 is 0 Å². The minimum atomic E-state index is -0.296. The minimum Gasteiger partial charge on any atom is -0.381 e. The summed E-state index contributed by atoms with van der Waals surface area (Å²) in [4.78, 5) is 0. The maximum absolute atomic E-state index is 6.39. The molecule has 0 amide bonds. The van der Waals surface area contributed by atoms with E-state index < -0.39 is 0 Å². The molecular formula is C15H21Cl2NO2. The molecule has 1 N–H and O–H groups in total. The largest absolute Gasteiger partial charge is 0.381 e. The Hall–Kier alpha value is -0.320. The molecule has 1 unspecified atom stereocenters. The SMILES string of the molecule is CCOC1(C(NC)c2cccc(Cl)c2Cl)CCOCC1. The van der Waals surface area contributed by atoms with Crippen LogP contribution in [-0.2, 0) is 9.47 Å². The number of halogens is 2. The minimum absolute atomic E-state index is 0.00227. The van der Waals surface area contributed by atoms with Gasteiger partial charge in [0.25, 0.3) is 0 Å². The lowest BCUT2D eigenvalue weighted by molar-refractivity contribution is -0.127. The predicted molar refractivity (Wildman–Crippen MR) is 82.7 cm³/mol. The first-order valence-electron chi connectivity index (χ1n) is 6.97. The molecule has 1 saturated heterocycles. The lowest BCUT2D eigenvalue weighted by Gasteiger charge is -2.43. The summed E-state index contributed by atoms with van der Waals surface area (Å²) >= 11 is 12.5. The molecule has 0 saturated carbocycles. The van der Waals surface area contributed by atoms with E-state index in [0.717, 1.165) is 18.4 Å². The van der Waals surface area contributed by atoms with Gasteiger partial charge < -0.3 is 14.8 Å². The molecule has 1 atom stereocenters. The van der Waals surface area contributed by atoms with Crippen LogP contribution in [0.3, 0.4) is 0 Å². The number of hydrogen-bond acceptors (Lipinski definition) is 3. The van der Waals surface area contributed by atoms with E-state index in [9.17, 15) is 0 Å². The van der Waals surface area contributed by atoms with Gasteiger partial charge in [-0.05, 0) is 25.6 Å². The zero-order chi connectivity index (χ0) is 14.6. The van der Waals surface area contributed by atoms with Crippen molar-refractivity contribution in [3.05, 3.63) is 33.8 Å². The van der Waals surface area contributed by atoms with Crippen molar-refractivity contribution in [2.24, 2.45) is 0 Å². The van der Waals surface area contributed by atoms with Gasteiger partial charge in [0.1, 0.15) is 0 Å². The van der Waals surface area contributed by atoms with Crippen molar-refractivity contribution in [3.63, 3.8) is 0 Å². The summed E-state index contributed by atoms with van der Waals surface area (Å²) in [7, 11) is 1.93. The number of ether oxygens (including phenoxy) is 2. The highest BCUT2D eigenvalue weighted by molar-refractivity contribution is 6.42. The first-order chi connectivity index (χ1) is 9.64. The van der Waals surface area contributed by atoms with Crippen LogP contribution < -0.4 is 5.32 Å². The lowest BCUT2D eigenvalue weighted by atomic mass is 9.82. The highest BCUT2D eigenvalue weighted by Crippen LogP contribution is 2.41. The highest BCUT2D eigenvalue weighted by atomic mass is 35.5. The molecule has 5 heteroatoms. The summed E-state index contributed by atoms with van der Waals surface area (Å²) in [5, 5.41) is 4.53. The van der Waals surface area contributed by atoms with Gasteiger partial charge in [0.15, 0.2) is 0 Å². The molecule has 3 nitrogen and oxygen atoms in total. The van der Waals surface area contributed by atoms with Gasteiger partial charge in [0, 0.05) is 32.7 Å². The highest BCUT2D eigenvalue weighted by Gasteiger charge is 2.42. The Morgan fingerprint density at radius 3 is 2.65 bits per heavy atom. The Balaban J connectivity index is 2.39. The molecule has 2 rings (SSSR count). The Bertz CT molecular complexity index is 442. The van der Waals surface area contributed by atoms with Crippen molar-refractivity contribution in [1.82, 2.24) is 5.32 Å². The van der Waals surface area contributed by atoms with Crippen LogP contribution in [0.15, 0.2) is 18.2 Å². The molecule has 0 aromatic heterocycles. The van der Waals surface area contributed by atoms with Crippen LogP contribution in [0.4, 0.5) is 0 Å². The molecule has 0 bridgehead atoms. The molecule has 1 aliphatic heterocycles. The summed E-state index contributed by atoms with van der Waals surface area (Å²) in [6.45, 7) is 4.09. The zero-order valence-electron chi connectivity index (χ0n) is 11.9. The molecular weight excluding hydrogens is 297 g/mol. The van der Waals surface area contributed by atoms with Crippen molar-refractivity contribution >= 4 is 23.2 Å². The van der Waals surface area contributed by atoms with Crippen molar-refractivity contribution in [2.75, 3.05) is 26.9 Å². The molecule has 1 aromatic carbocycles. The number of likely N-dealkylation sites (N-methyl/N-ethyl adjacent to an activating group) is 1. The number of benzene rings is 1. The molecule has 1 aliphatic rings. The topological polar surface area (TPSA) is 30.5 Å². The maximum atomic E-state index is 6.39. The van der Waals surface area contributed by atoms with E-state index in [-0.39, 0.29) is 11.6 Å². The fraction of sp³-hybridized carbons (Fsp3) is 0.600. The molecule has 0 spiro atoms. The van der Waals surface area contributed by atoms with Crippen LogP contribution in [0.2, 0.25) is 10.0 Å². The fourth-order valence-corrected chi connectivity index (χ4v) is 3.38. The quantitative estimate of drug-likeness (QED) is 0.895. The van der Waals surface area contributed by atoms with Gasteiger partial charge in [0.2, 0.25) is 0 Å². The summed E-state index contributed by atoms with van der Waals surface area (Å²) < 4.78 is 11.6. The van der Waals surface area contributed by atoms with Crippen molar-refractivity contribution in [2.45, 2.75) is 31.4 Å². The van der Waals surface area contributed by atoms with Crippen molar-refractivity contribution in [3.8, 4) is 0 Å². The molecule has 0 aliphatic carbocycles. The Labute approximate surface area is 130 Å². The Morgan fingerprint density at radius 2 is 2.05 bits per heavy atom. The Morgan fingerprint density at radius 1 is 1.35 bits per heavy atom. The molecule has 1 fully saturated rings. The first-order valence-corrected chi connectivity index (χ1v) is 7.73. The molecule has 1 heterocycles. The third-order valence-electron chi connectivity index (χ3n) is 3.88. The van der Waals surface area contributed by atoms with Gasteiger partial charge in [-0.1, -0.05) is 35.3 Å². The first kappa shape index (κ1) is 16.1. The summed E-state index contributed by atoms with van der Waals surface area (Å²) in [5.41, 5.74) is 0.688. The van der Waals surface area contributed by atoms with E-state index in [4.69, 9.17) is 32.7 Å². The van der Waals surface area contributed by atoms with E-state index in [2.05, 4.69) is 5.32 Å². The fourth-order valence-electron chi connectivity index (χ4n) is 2.97. The van der Waals surface area contributed by atoms with Crippen LogP contribution >= 0.6 is 23.2 Å². The summed E-state index contributed by atoms with van der Waals surface area (Å²) in [6.07, 6.45) is 1.68. The van der Waals surface area contributed by atoms with Crippen LogP contribution in [0.1, 0.15) is 31.4 Å². The lowest BCUT2D eigenvalue weighted by Crippen LogP contribution is -2.49.